The molecule has 0 atom stereocenters. The fraction of sp³-hybridized carbons (Fsp3) is 0.462. The van der Waals surface area contributed by atoms with E-state index >= 15 is 0 Å². The van der Waals surface area contributed by atoms with Gasteiger partial charge in [-0.2, -0.15) is 0 Å². The van der Waals surface area contributed by atoms with E-state index in [1.54, 1.807) is 7.11 Å². The fourth-order valence-electron chi connectivity index (χ4n) is 1.45. The molecule has 0 heterocycles. The van der Waals surface area contributed by atoms with Crippen molar-refractivity contribution in [1.29, 1.82) is 0 Å². The number of esters is 1. The third kappa shape index (κ3) is 5.17. The minimum Gasteiger partial charge on any atom is -0.460 e. The van der Waals surface area contributed by atoms with Gasteiger partial charge in [-0.1, -0.05) is 23.2 Å². The molecule has 0 aliphatic rings. The lowest BCUT2D eigenvalue weighted by atomic mass is 10.2. The molecule has 1 rings (SSSR count). The average Bonchev–Trinajstić information content (AvgIpc) is 2.42. The summed E-state index contributed by atoms with van der Waals surface area (Å²) >= 11 is 11.7. The van der Waals surface area contributed by atoms with E-state index in [1.165, 1.54) is 12.1 Å². The van der Waals surface area contributed by atoms with Crippen molar-refractivity contribution in [3.05, 3.63) is 27.7 Å². The molecule has 5 nitrogen and oxygen atoms in total. The SMILES string of the molecule is COCCCOCCOC(=O)c1c(Cl)ccc(Cl)c1N. The maximum atomic E-state index is 11.9. The molecule has 0 fully saturated rings. The maximum Gasteiger partial charge on any atom is 0.341 e. The number of hydrogen-bond acceptors (Lipinski definition) is 5. The van der Waals surface area contributed by atoms with Crippen LogP contribution < -0.4 is 5.73 Å². The highest BCUT2D eigenvalue weighted by atomic mass is 35.5. The van der Waals surface area contributed by atoms with Crippen molar-refractivity contribution >= 4 is 34.9 Å². The Hall–Kier alpha value is -1.01. The largest absolute Gasteiger partial charge is 0.460 e. The second kappa shape index (κ2) is 9.02. The fourth-order valence-corrected chi connectivity index (χ4v) is 1.85. The zero-order valence-electron chi connectivity index (χ0n) is 11.2. The Morgan fingerprint density at radius 2 is 1.85 bits per heavy atom. The van der Waals surface area contributed by atoms with Crippen LogP contribution >= 0.6 is 23.2 Å². The van der Waals surface area contributed by atoms with Gasteiger partial charge in [0.25, 0.3) is 0 Å². The molecule has 0 bridgehead atoms. The van der Waals surface area contributed by atoms with Crippen molar-refractivity contribution in [3.63, 3.8) is 0 Å². The zero-order chi connectivity index (χ0) is 15.0. The number of hydrogen-bond donors (Lipinski definition) is 1. The van der Waals surface area contributed by atoms with E-state index in [0.717, 1.165) is 6.42 Å². The van der Waals surface area contributed by atoms with Crippen molar-refractivity contribution in [2.45, 2.75) is 6.42 Å². The van der Waals surface area contributed by atoms with E-state index in [9.17, 15) is 4.79 Å². The Morgan fingerprint density at radius 3 is 2.55 bits per heavy atom. The Morgan fingerprint density at radius 1 is 1.15 bits per heavy atom. The van der Waals surface area contributed by atoms with Crippen LogP contribution in [0.4, 0.5) is 5.69 Å². The minimum atomic E-state index is -0.615. The molecular formula is C13H17Cl2NO4. The molecule has 0 aliphatic carbocycles. The Bertz CT molecular complexity index is 454. The van der Waals surface area contributed by atoms with Crippen molar-refractivity contribution < 1.29 is 19.0 Å². The summed E-state index contributed by atoms with van der Waals surface area (Å²) < 4.78 is 15.2. The van der Waals surface area contributed by atoms with Crippen LogP contribution in [-0.2, 0) is 14.2 Å². The summed E-state index contributed by atoms with van der Waals surface area (Å²) in [5.41, 5.74) is 5.91. The lowest BCUT2D eigenvalue weighted by Crippen LogP contribution is -2.14. The summed E-state index contributed by atoms with van der Waals surface area (Å²) in [6, 6.07) is 3.02. The van der Waals surface area contributed by atoms with Crippen molar-refractivity contribution in [1.82, 2.24) is 0 Å². The highest BCUT2D eigenvalue weighted by Crippen LogP contribution is 2.29. The molecule has 0 radical (unpaired) electrons. The minimum absolute atomic E-state index is 0.0820. The molecule has 20 heavy (non-hydrogen) atoms. The van der Waals surface area contributed by atoms with Gasteiger partial charge in [-0.25, -0.2) is 4.79 Å². The van der Waals surface area contributed by atoms with Gasteiger partial charge >= 0.3 is 5.97 Å². The predicted octanol–water partition coefficient (Wildman–Crippen LogP) is 2.79. The predicted molar refractivity (Wildman–Crippen MR) is 78.5 cm³/mol. The van der Waals surface area contributed by atoms with E-state index in [-0.39, 0.29) is 27.9 Å². The number of nitrogens with two attached hydrogens (primary N) is 1. The van der Waals surface area contributed by atoms with Crippen molar-refractivity contribution in [3.8, 4) is 0 Å². The van der Waals surface area contributed by atoms with Crippen LogP contribution in [0.3, 0.4) is 0 Å². The van der Waals surface area contributed by atoms with Crippen LogP contribution in [0, 0.1) is 0 Å². The van der Waals surface area contributed by atoms with Gasteiger partial charge in [-0.15, -0.1) is 0 Å². The lowest BCUT2D eigenvalue weighted by Gasteiger charge is -2.10. The number of anilines is 1. The Labute approximate surface area is 127 Å². The van der Waals surface area contributed by atoms with Gasteiger partial charge in [0.2, 0.25) is 0 Å². The first-order valence-electron chi connectivity index (χ1n) is 6.05. The van der Waals surface area contributed by atoms with E-state index in [2.05, 4.69) is 0 Å². The first-order chi connectivity index (χ1) is 9.57. The summed E-state index contributed by atoms with van der Waals surface area (Å²) in [7, 11) is 1.63. The molecular weight excluding hydrogens is 305 g/mol. The van der Waals surface area contributed by atoms with Crippen molar-refractivity contribution in [2.24, 2.45) is 0 Å². The van der Waals surface area contributed by atoms with Crippen LogP contribution in [0.2, 0.25) is 10.0 Å². The summed E-state index contributed by atoms with van der Waals surface area (Å²) in [5, 5.41) is 0.468. The number of benzene rings is 1. The second-order valence-electron chi connectivity index (χ2n) is 3.91. The maximum absolute atomic E-state index is 11.9. The topological polar surface area (TPSA) is 70.8 Å². The zero-order valence-corrected chi connectivity index (χ0v) is 12.7. The van der Waals surface area contributed by atoms with Gasteiger partial charge in [0, 0.05) is 20.3 Å². The van der Waals surface area contributed by atoms with Crippen LogP contribution in [0.15, 0.2) is 12.1 Å². The van der Waals surface area contributed by atoms with Crippen LogP contribution in [0.5, 0.6) is 0 Å². The number of halogens is 2. The van der Waals surface area contributed by atoms with Gasteiger partial charge in [-0.3, -0.25) is 0 Å². The summed E-state index contributed by atoms with van der Waals surface area (Å²) in [6.45, 7) is 1.60. The molecule has 7 heteroatoms. The monoisotopic (exact) mass is 321 g/mol. The van der Waals surface area contributed by atoms with Gasteiger partial charge in [0.15, 0.2) is 0 Å². The quantitative estimate of drug-likeness (QED) is 0.453. The number of nitrogen functional groups attached to an aromatic ring is 1. The highest BCUT2D eigenvalue weighted by molar-refractivity contribution is 6.38. The normalized spacial score (nSPS) is 10.6. The first-order valence-corrected chi connectivity index (χ1v) is 6.80. The molecule has 0 spiro atoms. The molecule has 0 saturated carbocycles. The number of ether oxygens (including phenoxy) is 3. The lowest BCUT2D eigenvalue weighted by molar-refractivity contribution is 0.0289. The van der Waals surface area contributed by atoms with Crippen molar-refractivity contribution in [2.75, 3.05) is 39.3 Å². The smallest absolute Gasteiger partial charge is 0.341 e. The van der Waals surface area contributed by atoms with E-state index in [4.69, 9.17) is 43.1 Å². The van der Waals surface area contributed by atoms with Gasteiger partial charge in [-0.05, 0) is 18.6 Å². The molecule has 0 saturated heterocycles. The Balaban J connectivity index is 2.38. The number of carbonyl (C=O) groups excluding carboxylic acids is 1. The third-order valence-electron chi connectivity index (χ3n) is 2.44. The molecule has 112 valence electrons. The molecule has 2 N–H and O–H groups in total. The molecule has 0 aliphatic heterocycles. The summed E-state index contributed by atoms with van der Waals surface area (Å²) in [6.07, 6.45) is 0.789. The second-order valence-corrected chi connectivity index (χ2v) is 4.73. The van der Waals surface area contributed by atoms with Gasteiger partial charge in [0.1, 0.15) is 12.2 Å². The summed E-state index contributed by atoms with van der Waals surface area (Å²) in [4.78, 5) is 11.9. The van der Waals surface area contributed by atoms with E-state index in [0.29, 0.717) is 19.8 Å². The van der Waals surface area contributed by atoms with E-state index in [1.807, 2.05) is 0 Å². The molecule has 0 unspecified atom stereocenters. The van der Waals surface area contributed by atoms with Gasteiger partial charge in [0.05, 0.1) is 22.3 Å². The van der Waals surface area contributed by atoms with Crippen LogP contribution in [0.25, 0.3) is 0 Å². The number of carbonyl (C=O) groups is 1. The molecule has 1 aromatic rings. The van der Waals surface area contributed by atoms with Gasteiger partial charge < -0.3 is 19.9 Å². The third-order valence-corrected chi connectivity index (χ3v) is 3.09. The van der Waals surface area contributed by atoms with E-state index < -0.39 is 5.97 Å². The first kappa shape index (κ1) is 17.0. The molecule has 0 aromatic heterocycles. The molecule has 1 aromatic carbocycles. The number of methoxy groups -OCH3 is 1. The Kier molecular flexibility index (Phi) is 7.69. The van der Waals surface area contributed by atoms with Crippen LogP contribution in [-0.4, -0.2) is 39.5 Å². The van der Waals surface area contributed by atoms with Crippen LogP contribution in [0.1, 0.15) is 16.8 Å². The highest BCUT2D eigenvalue weighted by Gasteiger charge is 2.17. The average molecular weight is 322 g/mol. The number of rotatable bonds is 8. The summed E-state index contributed by atoms with van der Waals surface area (Å²) in [5.74, 6) is -0.615. The molecule has 0 amide bonds. The standard InChI is InChI=1S/C13H17Cl2NO4/c1-18-5-2-6-19-7-8-20-13(17)11-9(14)3-4-10(15)12(11)16/h3-4H,2,5-8,16H2,1H3.